The molecule has 4 heterocycles. The summed E-state index contributed by atoms with van der Waals surface area (Å²) in [5.41, 5.74) is 6.85. The SMILES string of the molecule is NC(=O)C(=O)C(Cc1csc2cccnc12)NC(=O)c1ccnn1-c1ccccn1. The van der Waals surface area contributed by atoms with Crippen molar-refractivity contribution in [3.8, 4) is 5.82 Å². The van der Waals surface area contributed by atoms with Gasteiger partial charge in [-0.25, -0.2) is 9.67 Å². The Kier molecular flexibility index (Phi) is 5.31. The van der Waals surface area contributed by atoms with Gasteiger partial charge in [0.15, 0.2) is 5.82 Å². The number of ketones is 1. The monoisotopic (exact) mass is 420 g/mol. The van der Waals surface area contributed by atoms with Crippen LogP contribution in [0.5, 0.6) is 0 Å². The molecule has 0 spiro atoms. The maximum absolute atomic E-state index is 12.9. The highest BCUT2D eigenvalue weighted by Gasteiger charge is 2.28. The van der Waals surface area contributed by atoms with Crippen LogP contribution in [0.25, 0.3) is 16.0 Å². The van der Waals surface area contributed by atoms with Crippen molar-refractivity contribution in [2.45, 2.75) is 12.5 Å². The lowest BCUT2D eigenvalue weighted by Gasteiger charge is -2.16. The van der Waals surface area contributed by atoms with Gasteiger partial charge in [0.05, 0.1) is 16.4 Å². The van der Waals surface area contributed by atoms with Crippen molar-refractivity contribution in [1.29, 1.82) is 0 Å². The molecule has 0 aliphatic carbocycles. The van der Waals surface area contributed by atoms with Crippen LogP contribution < -0.4 is 11.1 Å². The van der Waals surface area contributed by atoms with Crippen LogP contribution in [0.15, 0.2) is 60.4 Å². The number of nitrogens with zero attached hydrogens (tertiary/aromatic N) is 4. The predicted octanol–water partition coefficient (Wildman–Crippen LogP) is 1.27. The summed E-state index contributed by atoms with van der Waals surface area (Å²) in [5, 5.41) is 8.58. The number of pyridine rings is 2. The Morgan fingerprint density at radius 3 is 2.67 bits per heavy atom. The van der Waals surface area contributed by atoms with Crippen molar-refractivity contribution in [2.24, 2.45) is 5.73 Å². The third-order valence-electron chi connectivity index (χ3n) is 4.43. The summed E-state index contributed by atoms with van der Waals surface area (Å²) >= 11 is 1.47. The number of primary amides is 1. The van der Waals surface area contributed by atoms with Crippen LogP contribution in [0.3, 0.4) is 0 Å². The van der Waals surface area contributed by atoms with Gasteiger partial charge in [-0.1, -0.05) is 6.07 Å². The largest absolute Gasteiger partial charge is 0.363 e. The molecule has 9 nitrogen and oxygen atoms in total. The molecule has 0 saturated carbocycles. The van der Waals surface area contributed by atoms with Gasteiger partial charge in [-0.15, -0.1) is 11.3 Å². The van der Waals surface area contributed by atoms with Crippen molar-refractivity contribution < 1.29 is 14.4 Å². The molecule has 150 valence electrons. The van der Waals surface area contributed by atoms with Crippen LogP contribution >= 0.6 is 11.3 Å². The van der Waals surface area contributed by atoms with E-state index in [1.54, 1.807) is 30.6 Å². The van der Waals surface area contributed by atoms with Crippen LogP contribution in [-0.2, 0) is 16.0 Å². The average Bonchev–Trinajstić information content (AvgIpc) is 3.41. The molecule has 0 fully saturated rings. The molecule has 4 rings (SSSR count). The summed E-state index contributed by atoms with van der Waals surface area (Å²) < 4.78 is 2.29. The van der Waals surface area contributed by atoms with Gasteiger partial charge in [-0.05, 0) is 41.3 Å². The molecule has 30 heavy (non-hydrogen) atoms. The van der Waals surface area contributed by atoms with Gasteiger partial charge in [0.25, 0.3) is 11.8 Å². The van der Waals surface area contributed by atoms with Gasteiger partial charge < -0.3 is 11.1 Å². The Bertz CT molecular complexity index is 1230. The molecule has 1 unspecified atom stereocenters. The van der Waals surface area contributed by atoms with E-state index in [1.165, 1.54) is 28.3 Å². The average molecular weight is 420 g/mol. The molecule has 0 aromatic carbocycles. The van der Waals surface area contributed by atoms with Gasteiger partial charge >= 0.3 is 0 Å². The number of nitrogens with two attached hydrogens (primary N) is 1. The van der Waals surface area contributed by atoms with Crippen LogP contribution in [0.4, 0.5) is 0 Å². The van der Waals surface area contributed by atoms with Crippen LogP contribution in [-0.4, -0.2) is 43.4 Å². The Hall–Kier alpha value is -3.92. The molecule has 0 radical (unpaired) electrons. The second kappa shape index (κ2) is 8.21. The number of fused-ring (bicyclic) bond motifs is 1. The first-order valence-electron chi connectivity index (χ1n) is 8.95. The minimum atomic E-state index is -1.14. The molecule has 0 saturated heterocycles. The molecule has 4 aromatic heterocycles. The molecule has 0 aliphatic heterocycles. The Labute approximate surface area is 174 Å². The Balaban J connectivity index is 1.62. The summed E-state index contributed by atoms with van der Waals surface area (Å²) in [4.78, 5) is 45.4. The number of carbonyl (C=O) groups is 3. The van der Waals surface area contributed by atoms with Crippen molar-refractivity contribution in [3.05, 3.63) is 71.6 Å². The van der Waals surface area contributed by atoms with E-state index < -0.39 is 23.6 Å². The maximum atomic E-state index is 12.9. The van der Waals surface area contributed by atoms with E-state index in [2.05, 4.69) is 20.4 Å². The van der Waals surface area contributed by atoms with Crippen LogP contribution in [0.1, 0.15) is 16.1 Å². The maximum Gasteiger partial charge on any atom is 0.287 e. The van der Waals surface area contributed by atoms with Gasteiger partial charge in [-0.2, -0.15) is 5.10 Å². The lowest BCUT2D eigenvalue weighted by atomic mass is 10.0. The second-order valence-corrected chi connectivity index (χ2v) is 7.30. The number of aromatic nitrogens is 4. The van der Waals surface area contributed by atoms with E-state index in [0.29, 0.717) is 5.82 Å². The van der Waals surface area contributed by atoms with E-state index in [-0.39, 0.29) is 12.1 Å². The van der Waals surface area contributed by atoms with Gasteiger partial charge in [0, 0.05) is 18.8 Å². The Morgan fingerprint density at radius 1 is 1.07 bits per heavy atom. The third kappa shape index (κ3) is 3.80. The fourth-order valence-electron chi connectivity index (χ4n) is 3.03. The second-order valence-electron chi connectivity index (χ2n) is 6.39. The first kappa shape index (κ1) is 19.4. The number of nitrogens with one attached hydrogen (secondary N) is 1. The fraction of sp³-hybridized carbons (Fsp3) is 0.100. The summed E-state index contributed by atoms with van der Waals surface area (Å²) in [6.07, 6.45) is 4.76. The number of rotatable bonds is 7. The fourth-order valence-corrected chi connectivity index (χ4v) is 3.96. The molecule has 1 atom stereocenters. The number of carbonyl (C=O) groups excluding carboxylic acids is 3. The third-order valence-corrected chi connectivity index (χ3v) is 5.42. The standard InChI is InChI=1S/C20H16N6O3S/c21-19(28)18(27)13(10-12-11-30-15-4-3-8-23-17(12)15)25-20(29)14-6-9-24-26(14)16-5-1-2-7-22-16/h1-9,11,13H,10H2,(H2,21,28)(H,25,29). The number of Topliss-reactive ketones (excluding diaryl/α,β-unsaturated/α-hetero) is 1. The molecular formula is C20H16N6O3S. The number of amides is 2. The topological polar surface area (TPSA) is 133 Å². The normalized spacial score (nSPS) is 11.9. The summed E-state index contributed by atoms with van der Waals surface area (Å²) in [6, 6.07) is 9.28. The highest BCUT2D eigenvalue weighted by Crippen LogP contribution is 2.25. The van der Waals surface area contributed by atoms with E-state index in [9.17, 15) is 14.4 Å². The van der Waals surface area contributed by atoms with Crippen molar-refractivity contribution >= 4 is 39.2 Å². The van der Waals surface area contributed by atoms with E-state index in [0.717, 1.165) is 15.8 Å². The number of hydrogen-bond acceptors (Lipinski definition) is 7. The summed E-state index contributed by atoms with van der Waals surface area (Å²) in [7, 11) is 0. The van der Waals surface area contributed by atoms with Gasteiger partial charge in [0.1, 0.15) is 11.7 Å². The predicted molar refractivity (Wildman–Crippen MR) is 110 cm³/mol. The minimum Gasteiger partial charge on any atom is -0.363 e. The lowest BCUT2D eigenvalue weighted by molar-refractivity contribution is -0.137. The molecule has 4 aromatic rings. The lowest BCUT2D eigenvalue weighted by Crippen LogP contribution is -2.47. The Morgan fingerprint density at radius 2 is 1.90 bits per heavy atom. The molecule has 3 N–H and O–H groups in total. The highest BCUT2D eigenvalue weighted by atomic mass is 32.1. The first-order valence-corrected chi connectivity index (χ1v) is 9.83. The van der Waals surface area contributed by atoms with E-state index in [4.69, 9.17) is 5.73 Å². The quantitative estimate of drug-likeness (QED) is 0.433. The zero-order valence-electron chi connectivity index (χ0n) is 15.6. The van der Waals surface area contributed by atoms with Gasteiger partial charge in [0.2, 0.25) is 5.78 Å². The van der Waals surface area contributed by atoms with Gasteiger partial charge in [-0.3, -0.25) is 19.4 Å². The first-order chi connectivity index (χ1) is 14.5. The summed E-state index contributed by atoms with van der Waals surface area (Å²) in [6.45, 7) is 0. The molecule has 10 heteroatoms. The molecule has 2 amide bonds. The van der Waals surface area contributed by atoms with E-state index >= 15 is 0 Å². The molecule has 0 aliphatic rings. The smallest absolute Gasteiger partial charge is 0.287 e. The van der Waals surface area contributed by atoms with Crippen LogP contribution in [0.2, 0.25) is 0 Å². The van der Waals surface area contributed by atoms with Crippen LogP contribution in [0, 0.1) is 0 Å². The van der Waals surface area contributed by atoms with Crippen molar-refractivity contribution in [2.75, 3.05) is 0 Å². The highest BCUT2D eigenvalue weighted by molar-refractivity contribution is 7.17. The number of thiophene rings is 1. The molecular weight excluding hydrogens is 404 g/mol. The zero-order valence-corrected chi connectivity index (χ0v) is 16.4. The van der Waals surface area contributed by atoms with E-state index in [1.807, 2.05) is 17.5 Å². The van der Waals surface area contributed by atoms with Crippen molar-refractivity contribution in [3.63, 3.8) is 0 Å². The minimum absolute atomic E-state index is 0.0856. The summed E-state index contributed by atoms with van der Waals surface area (Å²) in [5.74, 6) is -2.14. The molecule has 0 bridgehead atoms. The number of hydrogen-bond donors (Lipinski definition) is 2. The zero-order chi connectivity index (χ0) is 21.1. The van der Waals surface area contributed by atoms with Crippen molar-refractivity contribution in [1.82, 2.24) is 25.1 Å².